The predicted molar refractivity (Wildman–Crippen MR) is 302 cm³/mol. The third-order valence-electron chi connectivity index (χ3n) is 10.5. The van der Waals surface area contributed by atoms with Crippen molar-refractivity contribution >= 4 is 39.8 Å². The van der Waals surface area contributed by atoms with E-state index >= 15 is 0 Å². The molecule has 0 radical (unpaired) electrons. The van der Waals surface area contributed by atoms with Crippen LogP contribution < -0.4 is 14.7 Å². The van der Waals surface area contributed by atoms with Crippen molar-refractivity contribution in [2.75, 3.05) is 35.8 Å². The van der Waals surface area contributed by atoms with Gasteiger partial charge in [0.1, 0.15) is 0 Å². The van der Waals surface area contributed by atoms with Crippen LogP contribution in [-0.2, 0) is 0 Å². The van der Waals surface area contributed by atoms with Crippen LogP contribution in [0.15, 0.2) is 176 Å². The first-order valence-corrected chi connectivity index (χ1v) is 24.8. The molecule has 0 aromatic heterocycles. The predicted octanol–water partition coefficient (Wildman–Crippen LogP) is 18.0. The van der Waals surface area contributed by atoms with Crippen LogP contribution in [0.25, 0.3) is 33.0 Å². The van der Waals surface area contributed by atoms with Gasteiger partial charge in [-0.25, -0.2) is 0 Å². The number of rotatable bonds is 1. The molecule has 6 heteroatoms. The van der Waals surface area contributed by atoms with Gasteiger partial charge < -0.3 is 19.6 Å². The fraction of sp³-hybridized carbons (Fsp3) is 0.311. The van der Waals surface area contributed by atoms with E-state index in [2.05, 4.69) is 157 Å². The summed E-state index contributed by atoms with van der Waals surface area (Å²) < 4.78 is 0. The van der Waals surface area contributed by atoms with Gasteiger partial charge in [-0.05, 0) is 71.1 Å². The zero-order chi connectivity index (χ0) is 50.5. The Balaban J connectivity index is 0.000000476. The topological polar surface area (TPSA) is 60.7 Å². The van der Waals surface area contributed by atoms with E-state index in [0.29, 0.717) is 11.9 Å². The smallest absolute Gasteiger partial charge is 0.203 e. The highest BCUT2D eigenvalue weighted by Gasteiger charge is 2.32. The maximum Gasteiger partial charge on any atom is 0.203 e. The number of hydrogen-bond acceptors (Lipinski definition) is 2. The van der Waals surface area contributed by atoms with Gasteiger partial charge in [0.05, 0.1) is 23.5 Å². The first-order valence-electron chi connectivity index (χ1n) is 24.8. The second-order valence-corrected chi connectivity index (χ2v) is 14.1. The highest BCUT2D eigenvalue weighted by Crippen LogP contribution is 2.46. The average molecular weight is 901 g/mol. The van der Waals surface area contributed by atoms with Crippen LogP contribution in [-0.4, -0.2) is 38.0 Å². The number of hydrogen-bond donors (Lipinski definition) is 2. The number of nitrogens with one attached hydrogen (secondary N) is 2. The van der Waals surface area contributed by atoms with Crippen molar-refractivity contribution in [3.05, 3.63) is 187 Å². The molecular weight excluding hydrogens is 817 g/mol. The highest BCUT2D eigenvalue weighted by atomic mass is 15.4. The number of fused-ring (bicyclic) bond motifs is 7. The fourth-order valence-electron chi connectivity index (χ4n) is 7.61. The van der Waals surface area contributed by atoms with Gasteiger partial charge >= 0.3 is 0 Å². The molecule has 2 atom stereocenters. The molecule has 0 spiro atoms. The van der Waals surface area contributed by atoms with E-state index in [0.717, 1.165) is 17.1 Å². The summed E-state index contributed by atoms with van der Waals surface area (Å²) in [6, 6.07) is 60.7. The van der Waals surface area contributed by atoms with E-state index in [4.69, 9.17) is 10.8 Å². The number of guanidine groups is 2. The Morgan fingerprint density at radius 1 is 0.358 bits per heavy atom. The monoisotopic (exact) mass is 901 g/mol. The van der Waals surface area contributed by atoms with Crippen LogP contribution in [0, 0.1) is 10.8 Å². The van der Waals surface area contributed by atoms with Gasteiger partial charge in [-0.1, -0.05) is 235 Å². The second-order valence-electron chi connectivity index (χ2n) is 14.1. The van der Waals surface area contributed by atoms with Crippen molar-refractivity contribution in [1.29, 1.82) is 10.8 Å². The van der Waals surface area contributed by atoms with Gasteiger partial charge in [0.25, 0.3) is 0 Å². The molecule has 2 aliphatic heterocycles. The Labute approximate surface area is 408 Å². The summed E-state index contributed by atoms with van der Waals surface area (Å²) in [5, 5.41) is 19.9. The summed E-state index contributed by atoms with van der Waals surface area (Å²) >= 11 is 0. The van der Waals surface area contributed by atoms with E-state index in [9.17, 15) is 0 Å². The van der Waals surface area contributed by atoms with Gasteiger partial charge in [0.15, 0.2) is 5.96 Å². The Kier molecular flexibility index (Phi) is 27.9. The Morgan fingerprint density at radius 3 is 1.00 bits per heavy atom. The molecule has 0 saturated heterocycles. The lowest BCUT2D eigenvalue weighted by Crippen LogP contribution is -2.45. The quantitative estimate of drug-likeness (QED) is 0.127. The molecule has 9 rings (SSSR count). The summed E-state index contributed by atoms with van der Waals surface area (Å²) in [7, 11) is 5.78. The molecule has 2 aliphatic rings. The molecule has 0 aliphatic carbocycles. The molecule has 0 saturated carbocycles. The van der Waals surface area contributed by atoms with E-state index in [1.165, 1.54) is 44.2 Å². The highest BCUT2D eigenvalue weighted by molar-refractivity contribution is 6.09. The molecule has 2 heterocycles. The number of anilines is 3. The van der Waals surface area contributed by atoms with Crippen LogP contribution in [0.5, 0.6) is 0 Å². The molecule has 7 aromatic carbocycles. The summed E-state index contributed by atoms with van der Waals surface area (Å²) in [5.74, 6) is 0.986. The third kappa shape index (κ3) is 14.7. The van der Waals surface area contributed by atoms with Gasteiger partial charge in [-0.2, -0.15) is 0 Å². The third-order valence-corrected chi connectivity index (χ3v) is 10.5. The molecule has 2 unspecified atom stereocenters. The number of nitrogens with zero attached hydrogens (tertiary/aromatic N) is 4. The average Bonchev–Trinajstić information content (AvgIpc) is 3.42. The molecule has 0 bridgehead atoms. The summed E-state index contributed by atoms with van der Waals surface area (Å²) in [6.07, 6.45) is 0. The molecule has 6 nitrogen and oxygen atoms in total. The minimum absolute atomic E-state index is 0.102. The van der Waals surface area contributed by atoms with E-state index in [1.807, 2.05) is 156 Å². The van der Waals surface area contributed by atoms with E-state index in [1.54, 1.807) is 0 Å². The van der Waals surface area contributed by atoms with Gasteiger partial charge in [-0.15, -0.1) is 0 Å². The number of para-hydroxylation sites is 3. The van der Waals surface area contributed by atoms with Crippen LogP contribution >= 0.6 is 0 Å². The second kappa shape index (κ2) is 32.1. The van der Waals surface area contributed by atoms with Crippen molar-refractivity contribution in [3.8, 4) is 22.3 Å². The van der Waals surface area contributed by atoms with E-state index < -0.39 is 0 Å². The minimum Gasteiger partial charge on any atom is -0.349 e. The largest absolute Gasteiger partial charge is 0.349 e. The van der Waals surface area contributed by atoms with Crippen molar-refractivity contribution in [2.24, 2.45) is 0 Å². The zero-order valence-electron chi connectivity index (χ0n) is 44.2. The Morgan fingerprint density at radius 2 is 0.642 bits per heavy atom. The van der Waals surface area contributed by atoms with Gasteiger partial charge in [-0.3, -0.25) is 10.8 Å². The summed E-state index contributed by atoms with van der Waals surface area (Å²) in [5.41, 5.74) is 10.7. The van der Waals surface area contributed by atoms with Crippen LogP contribution in [0.1, 0.15) is 120 Å². The van der Waals surface area contributed by atoms with Crippen molar-refractivity contribution < 1.29 is 0 Å². The Bertz CT molecular complexity index is 2370. The van der Waals surface area contributed by atoms with Crippen molar-refractivity contribution in [1.82, 2.24) is 4.90 Å². The SMILES string of the molecule is CC.CC.CC.CC.CC.CC.CC1c2ccccc2-c2ccccc2N1C(=N)N(C)C.CC1c2ccccc2-c2ccccc2N1C(=N)N(C)c1ccccc1.c1ccc2ccccc2c1. The van der Waals surface area contributed by atoms with Gasteiger partial charge in [0, 0.05) is 38.0 Å². The standard InChI is InChI=1S/C22H21N3.C17H19N3.C10H8.6C2H6/c1-16-18-12-6-7-13-19(18)20-14-8-9-15-21(20)25(16)22(23)24(2)17-10-4-3-5-11-17;1-12-13-8-4-5-9-14(13)15-10-6-7-11-16(15)20(12)17(18)19(2)3;1-2-6-10-8-4-3-7-9(10)5-1;6*1-2/h3-16,23H,1-2H3;4-12,18H,1-3H3;1-8H;6*1-2H3. The van der Waals surface area contributed by atoms with Crippen LogP contribution in [0.4, 0.5) is 17.1 Å². The van der Waals surface area contributed by atoms with Crippen molar-refractivity contribution in [2.45, 2.75) is 109 Å². The zero-order valence-corrected chi connectivity index (χ0v) is 44.2. The lowest BCUT2D eigenvalue weighted by molar-refractivity contribution is 0.580. The first-order chi connectivity index (χ1) is 32.8. The van der Waals surface area contributed by atoms with Crippen molar-refractivity contribution in [3.63, 3.8) is 0 Å². The maximum absolute atomic E-state index is 8.88. The van der Waals surface area contributed by atoms with Crippen LogP contribution in [0.3, 0.4) is 0 Å². The van der Waals surface area contributed by atoms with Crippen LogP contribution in [0.2, 0.25) is 0 Å². The van der Waals surface area contributed by atoms with E-state index in [-0.39, 0.29) is 12.1 Å². The lowest BCUT2D eigenvalue weighted by Gasteiger charge is -2.40. The number of benzene rings is 7. The first kappa shape index (κ1) is 58.4. The normalized spacial score (nSPS) is 12.6. The Hall–Kier alpha value is -6.66. The summed E-state index contributed by atoms with van der Waals surface area (Å²) in [4.78, 5) is 7.99. The minimum atomic E-state index is 0.102. The molecule has 0 fully saturated rings. The lowest BCUT2D eigenvalue weighted by atomic mass is 9.89. The fourth-order valence-corrected chi connectivity index (χ4v) is 7.61. The molecule has 358 valence electrons. The molecular formula is C61H84N6. The van der Waals surface area contributed by atoms with Gasteiger partial charge in [0.2, 0.25) is 5.96 Å². The molecule has 0 amide bonds. The molecule has 7 aromatic rings. The maximum atomic E-state index is 8.88. The summed E-state index contributed by atoms with van der Waals surface area (Å²) in [6.45, 7) is 28.3. The molecule has 67 heavy (non-hydrogen) atoms. The molecule has 2 N–H and O–H groups in total.